The number of rotatable bonds is 5. The molecule has 3 amide bonds. The Hall–Kier alpha value is -3.81. The maximum Gasteiger partial charge on any atom is 0.264 e. The smallest absolute Gasteiger partial charge is 0.264 e. The van der Waals surface area contributed by atoms with Gasteiger partial charge in [-0.1, -0.05) is 24.3 Å². The van der Waals surface area contributed by atoms with Gasteiger partial charge in [-0.2, -0.15) is 0 Å². The molecule has 1 aliphatic heterocycles. The van der Waals surface area contributed by atoms with E-state index in [0.29, 0.717) is 11.4 Å². The van der Waals surface area contributed by atoms with Crippen molar-refractivity contribution in [3.8, 4) is 0 Å². The molecule has 0 aromatic heterocycles. The topological polar surface area (TPSA) is 113 Å². The Morgan fingerprint density at radius 1 is 0.967 bits per heavy atom. The maximum atomic E-state index is 13.0. The summed E-state index contributed by atoms with van der Waals surface area (Å²) in [5.74, 6) is -2.06. The lowest BCUT2D eigenvalue weighted by atomic mass is 9.92. The van der Waals surface area contributed by atoms with E-state index in [0.717, 1.165) is 4.90 Å². The third-order valence-electron chi connectivity index (χ3n) is 5.19. The zero-order valence-corrected chi connectivity index (χ0v) is 16.0. The number of nitrogens with zero attached hydrogens (tertiary/aromatic N) is 1. The first-order valence-corrected chi connectivity index (χ1v) is 9.60. The van der Waals surface area contributed by atoms with E-state index in [2.05, 4.69) is 10.6 Å². The third kappa shape index (κ3) is 3.59. The molecular formula is C22H19N3O5. The minimum Gasteiger partial charge on any atom is -0.375 e. The SMILES string of the molecule is O=C1CCC(N2C(=O)c3cccc(NCC(=O)Nc4ccccc4)c3C2=O)C(=O)C1. The molecule has 1 heterocycles. The molecule has 1 atom stereocenters. The van der Waals surface area contributed by atoms with Gasteiger partial charge in [0.15, 0.2) is 5.78 Å². The highest BCUT2D eigenvalue weighted by Crippen LogP contribution is 2.33. The Bertz CT molecular complexity index is 1060. The van der Waals surface area contributed by atoms with Crippen LogP contribution in [0.4, 0.5) is 11.4 Å². The van der Waals surface area contributed by atoms with Crippen molar-refractivity contribution in [2.45, 2.75) is 25.3 Å². The van der Waals surface area contributed by atoms with Crippen molar-refractivity contribution in [3.63, 3.8) is 0 Å². The van der Waals surface area contributed by atoms with Gasteiger partial charge < -0.3 is 10.6 Å². The van der Waals surface area contributed by atoms with E-state index >= 15 is 0 Å². The zero-order chi connectivity index (χ0) is 21.3. The van der Waals surface area contributed by atoms with Gasteiger partial charge >= 0.3 is 0 Å². The highest BCUT2D eigenvalue weighted by molar-refractivity contribution is 6.25. The molecule has 2 N–H and O–H groups in total. The molecule has 8 nitrogen and oxygen atoms in total. The Morgan fingerprint density at radius 2 is 1.73 bits per heavy atom. The highest BCUT2D eigenvalue weighted by atomic mass is 16.2. The van der Waals surface area contributed by atoms with Gasteiger partial charge in [0.2, 0.25) is 5.91 Å². The molecule has 2 aliphatic rings. The Balaban J connectivity index is 1.51. The van der Waals surface area contributed by atoms with Gasteiger partial charge in [0, 0.05) is 17.8 Å². The summed E-state index contributed by atoms with van der Waals surface area (Å²) in [4.78, 5) is 62.8. The molecule has 152 valence electrons. The summed E-state index contributed by atoms with van der Waals surface area (Å²) in [6.45, 7) is -0.107. The van der Waals surface area contributed by atoms with Crippen molar-refractivity contribution in [2.75, 3.05) is 17.2 Å². The van der Waals surface area contributed by atoms with Gasteiger partial charge in [0.05, 0.1) is 30.1 Å². The van der Waals surface area contributed by atoms with E-state index in [1.165, 1.54) is 6.07 Å². The number of anilines is 2. The van der Waals surface area contributed by atoms with Crippen molar-refractivity contribution in [1.82, 2.24) is 4.90 Å². The van der Waals surface area contributed by atoms with Gasteiger partial charge in [-0.25, -0.2) is 0 Å². The van der Waals surface area contributed by atoms with Gasteiger partial charge in [-0.05, 0) is 30.7 Å². The van der Waals surface area contributed by atoms with E-state index < -0.39 is 23.6 Å². The van der Waals surface area contributed by atoms with Gasteiger partial charge in [0.25, 0.3) is 11.8 Å². The molecular weight excluding hydrogens is 386 g/mol. The van der Waals surface area contributed by atoms with Crippen LogP contribution >= 0.6 is 0 Å². The quantitative estimate of drug-likeness (QED) is 0.581. The molecule has 1 fully saturated rings. The van der Waals surface area contributed by atoms with Crippen LogP contribution in [0.2, 0.25) is 0 Å². The van der Waals surface area contributed by atoms with Crippen LogP contribution in [0.5, 0.6) is 0 Å². The number of para-hydroxylation sites is 1. The monoisotopic (exact) mass is 405 g/mol. The summed E-state index contributed by atoms with van der Waals surface area (Å²) in [6, 6.07) is 12.7. The summed E-state index contributed by atoms with van der Waals surface area (Å²) >= 11 is 0. The molecule has 1 aliphatic carbocycles. The molecule has 8 heteroatoms. The summed E-state index contributed by atoms with van der Waals surface area (Å²) in [5.41, 5.74) is 1.30. The first-order valence-electron chi connectivity index (χ1n) is 9.60. The number of imide groups is 1. The molecule has 0 radical (unpaired) electrons. The summed E-state index contributed by atoms with van der Waals surface area (Å²) in [5, 5.41) is 5.64. The lowest BCUT2D eigenvalue weighted by molar-refractivity contribution is -0.132. The van der Waals surface area contributed by atoms with Crippen molar-refractivity contribution in [3.05, 3.63) is 59.7 Å². The normalized spacial score (nSPS) is 18.4. The maximum absolute atomic E-state index is 13.0. The van der Waals surface area contributed by atoms with Crippen LogP contribution in [0.25, 0.3) is 0 Å². The largest absolute Gasteiger partial charge is 0.375 e. The molecule has 0 saturated heterocycles. The van der Waals surface area contributed by atoms with E-state index in [9.17, 15) is 24.0 Å². The molecule has 30 heavy (non-hydrogen) atoms. The number of carbonyl (C=O) groups is 5. The van der Waals surface area contributed by atoms with Crippen LogP contribution in [-0.2, 0) is 14.4 Å². The molecule has 1 unspecified atom stereocenters. The van der Waals surface area contributed by atoms with Crippen molar-refractivity contribution < 1.29 is 24.0 Å². The number of amides is 3. The second kappa shape index (κ2) is 7.90. The van der Waals surface area contributed by atoms with E-state index in [1.807, 2.05) is 6.07 Å². The number of benzene rings is 2. The summed E-state index contributed by atoms with van der Waals surface area (Å²) < 4.78 is 0. The minimum atomic E-state index is -0.927. The number of nitrogens with one attached hydrogen (secondary N) is 2. The lowest BCUT2D eigenvalue weighted by Gasteiger charge is -2.27. The minimum absolute atomic E-state index is 0.107. The molecule has 0 spiro atoms. The predicted octanol–water partition coefficient (Wildman–Crippen LogP) is 2.02. The van der Waals surface area contributed by atoms with Gasteiger partial charge in [0.1, 0.15) is 5.78 Å². The van der Waals surface area contributed by atoms with E-state index in [-0.39, 0.29) is 48.6 Å². The number of hydrogen-bond donors (Lipinski definition) is 2. The number of Topliss-reactive ketones (excluding diaryl/α,β-unsaturated/α-hetero) is 2. The molecule has 4 rings (SSSR count). The van der Waals surface area contributed by atoms with Crippen LogP contribution in [0, 0.1) is 0 Å². The zero-order valence-electron chi connectivity index (χ0n) is 16.0. The third-order valence-corrected chi connectivity index (χ3v) is 5.19. The second-order valence-electron chi connectivity index (χ2n) is 7.21. The van der Waals surface area contributed by atoms with Crippen molar-refractivity contribution in [2.24, 2.45) is 0 Å². The average Bonchev–Trinajstić information content (AvgIpc) is 2.98. The second-order valence-corrected chi connectivity index (χ2v) is 7.21. The van der Waals surface area contributed by atoms with Crippen LogP contribution in [0.1, 0.15) is 40.0 Å². The van der Waals surface area contributed by atoms with Crippen molar-refractivity contribution >= 4 is 40.7 Å². The summed E-state index contributed by atoms with van der Waals surface area (Å²) in [6.07, 6.45) is 0.0444. The number of hydrogen-bond acceptors (Lipinski definition) is 6. The van der Waals surface area contributed by atoms with Crippen LogP contribution in [0.15, 0.2) is 48.5 Å². The first kappa shape index (κ1) is 19.5. The molecule has 0 bridgehead atoms. The highest BCUT2D eigenvalue weighted by Gasteiger charge is 2.45. The van der Waals surface area contributed by atoms with Gasteiger partial charge in [-0.15, -0.1) is 0 Å². The van der Waals surface area contributed by atoms with Crippen LogP contribution in [0.3, 0.4) is 0 Å². The molecule has 2 aromatic rings. The van der Waals surface area contributed by atoms with E-state index in [4.69, 9.17) is 0 Å². The Labute approximate surface area is 172 Å². The fourth-order valence-corrected chi connectivity index (χ4v) is 3.77. The Morgan fingerprint density at radius 3 is 2.47 bits per heavy atom. The number of ketones is 2. The fraction of sp³-hybridized carbons (Fsp3) is 0.227. The van der Waals surface area contributed by atoms with Crippen molar-refractivity contribution in [1.29, 1.82) is 0 Å². The fourth-order valence-electron chi connectivity index (χ4n) is 3.77. The van der Waals surface area contributed by atoms with Crippen LogP contribution in [-0.4, -0.2) is 46.8 Å². The van der Waals surface area contributed by atoms with E-state index in [1.54, 1.807) is 36.4 Å². The first-order chi connectivity index (χ1) is 14.5. The Kier molecular flexibility index (Phi) is 5.14. The lowest BCUT2D eigenvalue weighted by Crippen LogP contribution is -2.47. The molecule has 1 saturated carbocycles. The predicted molar refractivity (Wildman–Crippen MR) is 108 cm³/mol. The molecule has 2 aromatic carbocycles. The standard InChI is InChI=1S/C22H19N3O5/c26-14-9-10-17(18(27)11-14)25-21(29)15-7-4-8-16(20(15)22(25)30)23-12-19(28)24-13-5-2-1-3-6-13/h1-8,17,23H,9-12H2,(H,24,28). The van der Waals surface area contributed by atoms with Crippen LogP contribution < -0.4 is 10.6 Å². The number of carbonyl (C=O) groups excluding carboxylic acids is 5. The number of fused-ring (bicyclic) bond motifs is 1. The van der Waals surface area contributed by atoms with Gasteiger partial charge in [-0.3, -0.25) is 28.9 Å². The average molecular weight is 405 g/mol. The summed E-state index contributed by atoms with van der Waals surface area (Å²) in [7, 11) is 0.